The smallest absolute Gasteiger partial charge is 0.167 e. The normalized spacial score (nSPS) is 11.5. The van der Waals surface area contributed by atoms with Crippen LogP contribution < -0.4 is 5.32 Å². The van der Waals surface area contributed by atoms with E-state index in [1.807, 2.05) is 6.07 Å². The van der Waals surface area contributed by atoms with Gasteiger partial charge in [0.15, 0.2) is 5.76 Å². The van der Waals surface area contributed by atoms with E-state index in [-0.39, 0.29) is 0 Å². The number of rotatable bonds is 5. The average molecular weight is 258 g/mol. The second-order valence-corrected chi connectivity index (χ2v) is 5.49. The molecule has 1 aromatic heterocycles. The Bertz CT molecular complexity index is 512. The second-order valence-electron chi connectivity index (χ2n) is 5.49. The van der Waals surface area contributed by atoms with E-state index in [9.17, 15) is 0 Å². The lowest BCUT2D eigenvalue weighted by molar-refractivity contribution is 0.417. The minimum atomic E-state index is 0.450. The van der Waals surface area contributed by atoms with Gasteiger partial charge < -0.3 is 9.84 Å². The first-order valence-corrected chi connectivity index (χ1v) is 6.85. The molecule has 0 unspecified atom stereocenters. The van der Waals surface area contributed by atoms with E-state index in [0.29, 0.717) is 12.0 Å². The predicted octanol–water partition coefficient (Wildman–Crippen LogP) is 3.96. The van der Waals surface area contributed by atoms with E-state index < -0.39 is 0 Å². The van der Waals surface area contributed by atoms with Crippen LogP contribution in [0, 0.1) is 0 Å². The quantitative estimate of drug-likeness (QED) is 0.882. The SMILES string of the molecule is CC(C)NCc1cc(-c2ccc(C(C)C)cc2)on1. The van der Waals surface area contributed by atoms with Crippen LogP contribution in [-0.2, 0) is 6.54 Å². The summed E-state index contributed by atoms with van der Waals surface area (Å²) in [5.74, 6) is 1.38. The van der Waals surface area contributed by atoms with E-state index in [4.69, 9.17) is 4.52 Å². The average Bonchev–Trinajstić information content (AvgIpc) is 2.85. The Balaban J connectivity index is 2.09. The molecule has 1 aromatic carbocycles. The fourth-order valence-corrected chi connectivity index (χ4v) is 1.87. The molecule has 0 fully saturated rings. The third kappa shape index (κ3) is 3.67. The van der Waals surface area contributed by atoms with Crippen molar-refractivity contribution >= 4 is 0 Å². The van der Waals surface area contributed by atoms with Gasteiger partial charge in [-0.1, -0.05) is 57.1 Å². The molecule has 0 amide bonds. The summed E-state index contributed by atoms with van der Waals surface area (Å²) in [5.41, 5.74) is 3.36. The van der Waals surface area contributed by atoms with Gasteiger partial charge in [-0.05, 0) is 11.5 Å². The molecule has 1 N–H and O–H groups in total. The Morgan fingerprint density at radius 1 is 1.11 bits per heavy atom. The molecule has 0 spiro atoms. The highest BCUT2D eigenvalue weighted by Crippen LogP contribution is 2.23. The highest BCUT2D eigenvalue weighted by Gasteiger charge is 2.07. The van der Waals surface area contributed by atoms with Crippen LogP contribution in [-0.4, -0.2) is 11.2 Å². The molecule has 0 radical (unpaired) electrons. The first-order chi connectivity index (χ1) is 9.06. The van der Waals surface area contributed by atoms with Crippen LogP contribution in [0.25, 0.3) is 11.3 Å². The van der Waals surface area contributed by atoms with Crippen molar-refractivity contribution in [3.05, 3.63) is 41.6 Å². The molecule has 0 bridgehead atoms. The Hall–Kier alpha value is -1.61. The topological polar surface area (TPSA) is 38.1 Å². The number of hydrogen-bond acceptors (Lipinski definition) is 3. The Kier molecular flexibility index (Phi) is 4.38. The van der Waals surface area contributed by atoms with E-state index in [0.717, 1.165) is 23.6 Å². The summed E-state index contributed by atoms with van der Waals surface area (Å²) >= 11 is 0. The molecule has 3 heteroatoms. The molecule has 0 aliphatic rings. The van der Waals surface area contributed by atoms with Gasteiger partial charge in [-0.15, -0.1) is 0 Å². The molecule has 0 saturated heterocycles. The molecule has 1 heterocycles. The molecule has 19 heavy (non-hydrogen) atoms. The van der Waals surface area contributed by atoms with Crippen LogP contribution in [0.3, 0.4) is 0 Å². The van der Waals surface area contributed by atoms with Crippen molar-refractivity contribution in [2.45, 2.75) is 46.2 Å². The van der Waals surface area contributed by atoms with E-state index in [1.165, 1.54) is 5.56 Å². The standard InChI is InChI=1S/C16H22N2O/c1-11(2)13-5-7-14(8-6-13)16-9-15(18-19-16)10-17-12(3)4/h5-9,11-12,17H,10H2,1-4H3. The third-order valence-corrected chi connectivity index (χ3v) is 3.11. The van der Waals surface area contributed by atoms with Gasteiger partial charge >= 0.3 is 0 Å². The van der Waals surface area contributed by atoms with Crippen LogP contribution in [0.5, 0.6) is 0 Å². The fraction of sp³-hybridized carbons (Fsp3) is 0.438. The van der Waals surface area contributed by atoms with Crippen LogP contribution in [0.1, 0.15) is 44.9 Å². The van der Waals surface area contributed by atoms with Crippen LogP contribution in [0.4, 0.5) is 0 Å². The maximum Gasteiger partial charge on any atom is 0.167 e. The summed E-state index contributed by atoms with van der Waals surface area (Å²) in [6.07, 6.45) is 0. The summed E-state index contributed by atoms with van der Waals surface area (Å²) in [6.45, 7) is 9.36. The lowest BCUT2D eigenvalue weighted by atomic mass is 10.0. The molecule has 0 atom stereocenters. The maximum absolute atomic E-state index is 5.39. The van der Waals surface area contributed by atoms with Crippen LogP contribution >= 0.6 is 0 Å². The molecule has 0 saturated carbocycles. The van der Waals surface area contributed by atoms with Gasteiger partial charge in [0.05, 0.1) is 5.69 Å². The fourth-order valence-electron chi connectivity index (χ4n) is 1.87. The minimum absolute atomic E-state index is 0.450. The molecule has 2 aromatic rings. The number of aromatic nitrogens is 1. The predicted molar refractivity (Wildman–Crippen MR) is 78.0 cm³/mol. The van der Waals surface area contributed by atoms with Crippen molar-refractivity contribution in [1.82, 2.24) is 10.5 Å². The van der Waals surface area contributed by atoms with Gasteiger partial charge in [-0.25, -0.2) is 0 Å². The van der Waals surface area contributed by atoms with Gasteiger partial charge in [0.2, 0.25) is 0 Å². The lowest BCUT2D eigenvalue weighted by Crippen LogP contribution is -2.21. The maximum atomic E-state index is 5.39. The lowest BCUT2D eigenvalue weighted by Gasteiger charge is -2.05. The summed E-state index contributed by atoms with van der Waals surface area (Å²) in [7, 11) is 0. The zero-order valence-electron chi connectivity index (χ0n) is 12.1. The number of nitrogens with zero attached hydrogens (tertiary/aromatic N) is 1. The Morgan fingerprint density at radius 2 is 1.79 bits per heavy atom. The first kappa shape index (κ1) is 13.8. The van der Waals surface area contributed by atoms with Gasteiger partial charge in [-0.2, -0.15) is 0 Å². The highest BCUT2D eigenvalue weighted by molar-refractivity contribution is 5.57. The molecular weight excluding hydrogens is 236 g/mol. The number of nitrogens with one attached hydrogen (secondary N) is 1. The molecule has 3 nitrogen and oxygen atoms in total. The minimum Gasteiger partial charge on any atom is -0.356 e. The van der Waals surface area contributed by atoms with Gasteiger partial charge in [0.1, 0.15) is 0 Å². The molecule has 0 aliphatic heterocycles. The van der Waals surface area contributed by atoms with Crippen LogP contribution in [0.2, 0.25) is 0 Å². The Labute approximate surface area is 115 Å². The first-order valence-electron chi connectivity index (χ1n) is 6.85. The van der Waals surface area contributed by atoms with Crippen molar-refractivity contribution < 1.29 is 4.52 Å². The molecule has 102 valence electrons. The summed E-state index contributed by atoms with van der Waals surface area (Å²) in [5, 5.41) is 7.41. The van der Waals surface area contributed by atoms with Crippen molar-refractivity contribution in [2.75, 3.05) is 0 Å². The molecular formula is C16H22N2O. The second kappa shape index (κ2) is 6.02. The Morgan fingerprint density at radius 3 is 2.37 bits per heavy atom. The van der Waals surface area contributed by atoms with E-state index in [2.05, 4.69) is 62.4 Å². The van der Waals surface area contributed by atoms with E-state index in [1.54, 1.807) is 0 Å². The zero-order chi connectivity index (χ0) is 13.8. The number of hydrogen-bond donors (Lipinski definition) is 1. The summed E-state index contributed by atoms with van der Waals surface area (Å²) < 4.78 is 5.39. The highest BCUT2D eigenvalue weighted by atomic mass is 16.5. The van der Waals surface area contributed by atoms with Crippen LogP contribution in [0.15, 0.2) is 34.9 Å². The molecule has 2 rings (SSSR count). The van der Waals surface area contributed by atoms with Crippen molar-refractivity contribution in [3.63, 3.8) is 0 Å². The monoisotopic (exact) mass is 258 g/mol. The van der Waals surface area contributed by atoms with Gasteiger partial charge in [0.25, 0.3) is 0 Å². The van der Waals surface area contributed by atoms with Gasteiger partial charge in [0, 0.05) is 24.2 Å². The van der Waals surface area contributed by atoms with Gasteiger partial charge in [-0.3, -0.25) is 0 Å². The largest absolute Gasteiger partial charge is 0.356 e. The third-order valence-electron chi connectivity index (χ3n) is 3.11. The van der Waals surface area contributed by atoms with E-state index >= 15 is 0 Å². The molecule has 0 aliphatic carbocycles. The summed E-state index contributed by atoms with van der Waals surface area (Å²) in [6, 6.07) is 10.9. The summed E-state index contributed by atoms with van der Waals surface area (Å²) in [4.78, 5) is 0. The van der Waals surface area contributed by atoms with Crippen molar-refractivity contribution in [2.24, 2.45) is 0 Å². The van der Waals surface area contributed by atoms with Crippen molar-refractivity contribution in [3.8, 4) is 11.3 Å². The zero-order valence-corrected chi connectivity index (χ0v) is 12.1. The number of benzene rings is 1. The van der Waals surface area contributed by atoms with Crippen molar-refractivity contribution in [1.29, 1.82) is 0 Å².